The van der Waals surface area contributed by atoms with Crippen LogP contribution in [0.2, 0.25) is 0 Å². The van der Waals surface area contributed by atoms with Crippen LogP contribution in [0.25, 0.3) is 0 Å². The van der Waals surface area contributed by atoms with E-state index in [1.807, 2.05) is 0 Å². The van der Waals surface area contributed by atoms with E-state index in [9.17, 15) is 0 Å². The number of hydrogen-bond acceptors (Lipinski definition) is 2. The second kappa shape index (κ2) is 6.19. The molecular weight excluding hydrogens is 191 g/mol. The zero-order valence-electron chi connectivity index (χ0n) is 5.43. The van der Waals surface area contributed by atoms with E-state index < -0.39 is 9.52 Å². The molecule has 0 fully saturated rings. The Kier molecular flexibility index (Phi) is 6.47. The van der Waals surface area contributed by atoms with E-state index in [1.54, 1.807) is 6.08 Å². The van der Waals surface area contributed by atoms with Gasteiger partial charge in [-0.2, -0.15) is 0 Å². The van der Waals surface area contributed by atoms with Gasteiger partial charge in [-0.15, -0.1) is 23.2 Å². The molecule has 0 spiro atoms. The molecule has 0 rings (SSSR count). The van der Waals surface area contributed by atoms with Crippen molar-refractivity contribution in [3.63, 3.8) is 0 Å². The average Bonchev–Trinajstić information content (AvgIpc) is 1.86. The average molecular weight is 201 g/mol. The minimum atomic E-state index is -0.769. The molecule has 0 saturated carbocycles. The number of halogens is 2. The minimum Gasteiger partial charge on any atom is -0.392 e. The molecule has 60 valence electrons. The summed E-state index contributed by atoms with van der Waals surface area (Å²) in [5.74, 6) is 0. The van der Waals surface area contributed by atoms with Crippen LogP contribution in [0.4, 0.5) is 0 Å². The Balaban J connectivity index is 3.71. The number of alkyl halides is 2. The fraction of sp³-hybridized carbons (Fsp3) is 0.600. The van der Waals surface area contributed by atoms with Gasteiger partial charge in [0.25, 0.3) is 0 Å². The summed E-state index contributed by atoms with van der Waals surface area (Å²) in [5.41, 5.74) is 0. The van der Waals surface area contributed by atoms with Crippen LogP contribution in [-0.2, 0) is 0 Å². The van der Waals surface area contributed by atoms with Gasteiger partial charge >= 0.3 is 0 Å². The maximum atomic E-state index is 8.64. The van der Waals surface area contributed by atoms with Crippen LogP contribution in [-0.4, -0.2) is 37.4 Å². The molecule has 0 aliphatic carbocycles. The van der Waals surface area contributed by atoms with Gasteiger partial charge in [0.05, 0.1) is 27.2 Å². The van der Waals surface area contributed by atoms with Gasteiger partial charge in [-0.3, -0.25) is 0 Å². The number of hydrogen-bond donors (Lipinski definition) is 2. The molecular formula is C5H10Cl2O2Si. The standard InChI is InChI=1S/C5H10Cl2O2Si/c6-5(7)10-4(3-9)1-2-8/h1,5,8-9H,2-3,10H2. The third-order valence-corrected chi connectivity index (χ3v) is 3.27. The first-order valence-electron chi connectivity index (χ1n) is 2.88. The molecule has 2 N–H and O–H groups in total. The summed E-state index contributed by atoms with van der Waals surface area (Å²) < 4.78 is -0.370. The van der Waals surface area contributed by atoms with Crippen molar-refractivity contribution >= 4 is 32.7 Å². The van der Waals surface area contributed by atoms with Crippen molar-refractivity contribution in [3.05, 3.63) is 11.3 Å². The lowest BCUT2D eigenvalue weighted by molar-refractivity contribution is 0.325. The van der Waals surface area contributed by atoms with E-state index >= 15 is 0 Å². The summed E-state index contributed by atoms with van der Waals surface area (Å²) >= 11 is 11.0. The topological polar surface area (TPSA) is 40.5 Å². The molecule has 2 nitrogen and oxygen atoms in total. The van der Waals surface area contributed by atoms with Crippen LogP contribution in [0.3, 0.4) is 0 Å². The summed E-state index contributed by atoms with van der Waals surface area (Å²) in [5, 5.41) is 17.9. The van der Waals surface area contributed by atoms with Crippen molar-refractivity contribution < 1.29 is 10.2 Å². The largest absolute Gasteiger partial charge is 0.392 e. The normalized spacial score (nSPS) is 13.9. The Morgan fingerprint density at radius 3 is 2.40 bits per heavy atom. The van der Waals surface area contributed by atoms with Crippen LogP contribution in [0.5, 0.6) is 0 Å². The second-order valence-electron chi connectivity index (χ2n) is 1.80. The molecule has 5 heteroatoms. The highest BCUT2D eigenvalue weighted by Gasteiger charge is 2.03. The Labute approximate surface area is 72.3 Å². The Bertz CT molecular complexity index is 116. The van der Waals surface area contributed by atoms with E-state index in [0.29, 0.717) is 0 Å². The van der Waals surface area contributed by atoms with Crippen molar-refractivity contribution in [2.45, 2.75) is 4.46 Å². The predicted molar refractivity (Wildman–Crippen MR) is 46.3 cm³/mol. The van der Waals surface area contributed by atoms with Crippen LogP contribution < -0.4 is 0 Å². The summed E-state index contributed by atoms with van der Waals surface area (Å²) in [7, 11) is -0.769. The molecule has 0 unspecified atom stereocenters. The molecule has 0 radical (unpaired) electrons. The Hall–Kier alpha value is 0.457. The Morgan fingerprint density at radius 1 is 1.50 bits per heavy atom. The fourth-order valence-corrected chi connectivity index (χ4v) is 2.55. The molecule has 0 aromatic rings. The minimum absolute atomic E-state index is 0.0390. The maximum absolute atomic E-state index is 8.64. The van der Waals surface area contributed by atoms with Gasteiger partial charge in [0.1, 0.15) is 0 Å². The van der Waals surface area contributed by atoms with Gasteiger partial charge in [0, 0.05) is 0 Å². The SMILES string of the molecule is OCC=C(CO)[SiH2]C(Cl)Cl. The van der Waals surface area contributed by atoms with E-state index in [0.717, 1.165) is 5.20 Å². The molecule has 0 aromatic heterocycles. The van der Waals surface area contributed by atoms with Gasteiger partial charge in [0.15, 0.2) is 0 Å². The molecule has 0 heterocycles. The lowest BCUT2D eigenvalue weighted by Crippen LogP contribution is -2.09. The van der Waals surface area contributed by atoms with Gasteiger partial charge in [-0.25, -0.2) is 0 Å². The van der Waals surface area contributed by atoms with Crippen LogP contribution in [0, 0.1) is 0 Å². The van der Waals surface area contributed by atoms with Crippen LogP contribution >= 0.6 is 23.2 Å². The zero-order chi connectivity index (χ0) is 7.98. The molecule has 0 aromatic carbocycles. The summed E-state index contributed by atoms with van der Waals surface area (Å²) in [6.45, 7) is -0.0912. The highest BCUT2D eigenvalue weighted by molar-refractivity contribution is 6.72. The summed E-state index contributed by atoms with van der Waals surface area (Å²) in [4.78, 5) is 0. The smallest absolute Gasteiger partial charge is 0.0954 e. The van der Waals surface area contributed by atoms with Gasteiger partial charge in [-0.1, -0.05) is 11.3 Å². The van der Waals surface area contributed by atoms with Gasteiger partial charge in [-0.05, 0) is 0 Å². The van der Waals surface area contributed by atoms with Gasteiger partial charge < -0.3 is 10.2 Å². The highest BCUT2D eigenvalue weighted by atomic mass is 35.5. The van der Waals surface area contributed by atoms with E-state index in [1.165, 1.54) is 0 Å². The van der Waals surface area contributed by atoms with E-state index in [4.69, 9.17) is 33.4 Å². The monoisotopic (exact) mass is 200 g/mol. The first kappa shape index (κ1) is 10.5. The maximum Gasteiger partial charge on any atom is 0.0954 e. The predicted octanol–water partition coefficient (Wildman–Crippen LogP) is -0.215. The molecule has 0 aliphatic heterocycles. The number of aliphatic hydroxyl groups excluding tert-OH is 2. The number of rotatable bonds is 4. The van der Waals surface area contributed by atoms with Crippen LogP contribution in [0.1, 0.15) is 0 Å². The lowest BCUT2D eigenvalue weighted by Gasteiger charge is -2.01. The van der Waals surface area contributed by atoms with E-state index in [-0.39, 0.29) is 17.7 Å². The second-order valence-corrected chi connectivity index (χ2v) is 6.24. The van der Waals surface area contributed by atoms with Crippen molar-refractivity contribution in [2.75, 3.05) is 13.2 Å². The van der Waals surface area contributed by atoms with Crippen molar-refractivity contribution in [2.24, 2.45) is 0 Å². The summed E-state index contributed by atoms with van der Waals surface area (Å²) in [6.07, 6.45) is 1.56. The molecule has 0 amide bonds. The Morgan fingerprint density at radius 2 is 2.10 bits per heavy atom. The lowest BCUT2D eigenvalue weighted by atomic mass is 10.5. The third-order valence-electron chi connectivity index (χ3n) is 1.000. The zero-order valence-corrected chi connectivity index (χ0v) is 8.35. The highest BCUT2D eigenvalue weighted by Crippen LogP contribution is 2.03. The quantitative estimate of drug-likeness (QED) is 0.488. The fourth-order valence-electron chi connectivity index (χ4n) is 0.540. The summed E-state index contributed by atoms with van der Waals surface area (Å²) in [6, 6.07) is 0. The number of aliphatic hydroxyl groups is 2. The van der Waals surface area contributed by atoms with Gasteiger partial charge in [0.2, 0.25) is 0 Å². The first-order valence-corrected chi connectivity index (χ1v) is 5.28. The van der Waals surface area contributed by atoms with E-state index in [2.05, 4.69) is 0 Å². The van der Waals surface area contributed by atoms with Crippen LogP contribution in [0.15, 0.2) is 11.3 Å². The molecule has 10 heavy (non-hydrogen) atoms. The molecule has 0 saturated heterocycles. The van der Waals surface area contributed by atoms with Crippen molar-refractivity contribution in [1.29, 1.82) is 0 Å². The molecule has 0 aliphatic rings. The molecule has 0 atom stereocenters. The van der Waals surface area contributed by atoms with Crippen molar-refractivity contribution in [3.8, 4) is 0 Å². The van der Waals surface area contributed by atoms with Crippen molar-refractivity contribution in [1.82, 2.24) is 0 Å². The first-order chi connectivity index (χ1) is 4.70. The molecule has 0 bridgehead atoms. The third kappa shape index (κ3) is 5.26.